The van der Waals surface area contributed by atoms with Gasteiger partial charge in [-0.15, -0.1) is 0 Å². The van der Waals surface area contributed by atoms with Gasteiger partial charge < -0.3 is 5.11 Å². The van der Waals surface area contributed by atoms with Gasteiger partial charge in [-0.2, -0.15) is 0 Å². The average molecular weight is 200 g/mol. The van der Waals surface area contributed by atoms with Gasteiger partial charge in [0.2, 0.25) is 6.17 Å². The highest BCUT2D eigenvalue weighted by Crippen LogP contribution is 2.13. The number of benzene rings is 1. The van der Waals surface area contributed by atoms with Crippen LogP contribution in [0.25, 0.3) is 0 Å². The molecule has 76 valence electrons. The molecule has 0 aliphatic rings. The molecule has 4 heteroatoms. The summed E-state index contributed by atoms with van der Waals surface area (Å²) in [6.45, 7) is 1.73. The zero-order valence-electron chi connectivity index (χ0n) is 7.63. The first-order valence-corrected chi connectivity index (χ1v) is 4.12. The fourth-order valence-electron chi connectivity index (χ4n) is 1.14. The monoisotopic (exact) mass is 200 g/mol. The van der Waals surface area contributed by atoms with Gasteiger partial charge in [-0.25, -0.2) is 13.6 Å². The molecule has 0 saturated carbocycles. The van der Waals surface area contributed by atoms with Crippen molar-refractivity contribution in [3.8, 4) is 0 Å². The minimum Gasteiger partial charge on any atom is -0.479 e. The molecule has 0 aliphatic carbocycles. The predicted molar refractivity (Wildman–Crippen MR) is 47.4 cm³/mol. The zero-order chi connectivity index (χ0) is 10.7. The molecule has 1 N–H and O–H groups in total. The molecule has 14 heavy (non-hydrogen) atoms. The lowest BCUT2D eigenvalue weighted by atomic mass is 10.1. The quantitative estimate of drug-likeness (QED) is 0.811. The second-order valence-corrected chi connectivity index (χ2v) is 3.10. The van der Waals surface area contributed by atoms with E-state index in [0.29, 0.717) is 0 Å². The lowest BCUT2D eigenvalue weighted by molar-refractivity contribution is -0.142. The Kier molecular flexibility index (Phi) is 3.17. The fraction of sp³-hybridized carbons (Fsp3) is 0.300. The van der Waals surface area contributed by atoms with Gasteiger partial charge in [0.15, 0.2) is 0 Å². The van der Waals surface area contributed by atoms with Crippen molar-refractivity contribution in [1.82, 2.24) is 0 Å². The molecule has 0 aliphatic heterocycles. The second kappa shape index (κ2) is 4.17. The van der Waals surface area contributed by atoms with Crippen LogP contribution in [0.3, 0.4) is 0 Å². The van der Waals surface area contributed by atoms with Crippen LogP contribution in [0.5, 0.6) is 0 Å². The third-order valence-electron chi connectivity index (χ3n) is 1.87. The molecule has 1 rings (SSSR count). The SMILES string of the molecule is Cc1ccc(F)c(C[C@H](F)C(=O)O)c1. The normalized spacial score (nSPS) is 12.5. The first-order chi connectivity index (χ1) is 6.50. The molecule has 0 unspecified atom stereocenters. The van der Waals surface area contributed by atoms with Crippen LogP contribution < -0.4 is 0 Å². The smallest absolute Gasteiger partial charge is 0.338 e. The number of rotatable bonds is 3. The fourth-order valence-corrected chi connectivity index (χ4v) is 1.14. The maximum atomic E-state index is 13.0. The number of carboxylic acids is 1. The summed E-state index contributed by atoms with van der Waals surface area (Å²) in [6.07, 6.45) is -2.48. The van der Waals surface area contributed by atoms with E-state index in [2.05, 4.69) is 0 Å². The number of aliphatic carboxylic acids is 1. The molecule has 0 heterocycles. The van der Waals surface area contributed by atoms with Crippen LogP contribution in [0, 0.1) is 12.7 Å². The van der Waals surface area contributed by atoms with Crippen LogP contribution in [0.15, 0.2) is 18.2 Å². The molecule has 0 amide bonds. The lowest BCUT2D eigenvalue weighted by Gasteiger charge is -2.05. The minimum atomic E-state index is -2.05. The summed E-state index contributed by atoms with van der Waals surface area (Å²) >= 11 is 0. The summed E-state index contributed by atoms with van der Waals surface area (Å²) < 4.78 is 25.8. The van der Waals surface area contributed by atoms with Gasteiger partial charge in [0.05, 0.1) is 0 Å². The summed E-state index contributed by atoms with van der Waals surface area (Å²) in [5.74, 6) is -2.13. The first-order valence-electron chi connectivity index (χ1n) is 4.12. The molecule has 0 spiro atoms. The number of hydrogen-bond acceptors (Lipinski definition) is 1. The van der Waals surface area contributed by atoms with Gasteiger partial charge in [-0.05, 0) is 18.6 Å². The van der Waals surface area contributed by atoms with E-state index in [-0.39, 0.29) is 5.56 Å². The molecule has 0 aromatic heterocycles. The van der Waals surface area contributed by atoms with E-state index in [1.807, 2.05) is 0 Å². The zero-order valence-corrected chi connectivity index (χ0v) is 7.63. The van der Waals surface area contributed by atoms with E-state index < -0.39 is 24.4 Å². The van der Waals surface area contributed by atoms with Crippen LogP contribution in [-0.4, -0.2) is 17.2 Å². The van der Waals surface area contributed by atoms with Crippen LogP contribution in [0.4, 0.5) is 8.78 Å². The molecule has 0 bridgehead atoms. The molecular formula is C10H10F2O2. The lowest BCUT2D eigenvalue weighted by Crippen LogP contribution is -2.17. The van der Waals surface area contributed by atoms with Crippen molar-refractivity contribution in [2.75, 3.05) is 0 Å². The Labute approximate surface area is 80.2 Å². The third-order valence-corrected chi connectivity index (χ3v) is 1.87. The van der Waals surface area contributed by atoms with Gasteiger partial charge in [-0.1, -0.05) is 17.7 Å². The Hall–Kier alpha value is -1.45. The first kappa shape index (κ1) is 10.6. The van der Waals surface area contributed by atoms with Gasteiger partial charge >= 0.3 is 5.97 Å². The summed E-state index contributed by atoms with van der Waals surface area (Å²) in [6, 6.07) is 4.21. The Bertz CT molecular complexity index is 350. The highest BCUT2D eigenvalue weighted by molar-refractivity contribution is 5.72. The van der Waals surface area contributed by atoms with Gasteiger partial charge in [0.1, 0.15) is 5.82 Å². The van der Waals surface area contributed by atoms with E-state index >= 15 is 0 Å². The molecule has 0 fully saturated rings. The van der Waals surface area contributed by atoms with Crippen molar-refractivity contribution in [3.63, 3.8) is 0 Å². The Balaban J connectivity index is 2.85. The van der Waals surface area contributed by atoms with Gasteiger partial charge in [0, 0.05) is 6.42 Å². The highest BCUT2D eigenvalue weighted by Gasteiger charge is 2.18. The predicted octanol–water partition coefficient (Wildman–Crippen LogP) is 2.10. The van der Waals surface area contributed by atoms with Gasteiger partial charge in [-0.3, -0.25) is 0 Å². The van der Waals surface area contributed by atoms with Crippen molar-refractivity contribution >= 4 is 5.97 Å². The van der Waals surface area contributed by atoms with Crippen LogP contribution in [0.1, 0.15) is 11.1 Å². The van der Waals surface area contributed by atoms with Crippen LogP contribution in [-0.2, 0) is 11.2 Å². The molecular weight excluding hydrogens is 190 g/mol. The minimum absolute atomic E-state index is 0.0971. The summed E-state index contributed by atoms with van der Waals surface area (Å²) in [5.41, 5.74) is 0.874. The molecule has 0 radical (unpaired) electrons. The highest BCUT2D eigenvalue weighted by atomic mass is 19.1. The average Bonchev–Trinajstić information content (AvgIpc) is 2.11. The number of carbonyl (C=O) groups is 1. The van der Waals surface area contributed by atoms with E-state index in [4.69, 9.17) is 5.11 Å². The maximum absolute atomic E-state index is 13.0. The summed E-state index contributed by atoms with van der Waals surface area (Å²) in [5, 5.41) is 8.31. The second-order valence-electron chi connectivity index (χ2n) is 3.10. The van der Waals surface area contributed by atoms with Crippen molar-refractivity contribution in [2.24, 2.45) is 0 Å². The maximum Gasteiger partial charge on any atom is 0.338 e. The number of alkyl halides is 1. The largest absolute Gasteiger partial charge is 0.479 e. The molecule has 1 atom stereocenters. The van der Waals surface area contributed by atoms with Crippen molar-refractivity contribution in [3.05, 3.63) is 35.1 Å². The molecule has 1 aromatic rings. The van der Waals surface area contributed by atoms with Crippen LogP contribution >= 0.6 is 0 Å². The Morgan fingerprint density at radius 2 is 2.21 bits per heavy atom. The van der Waals surface area contributed by atoms with E-state index in [9.17, 15) is 13.6 Å². The standard InChI is InChI=1S/C10H10F2O2/c1-6-2-3-8(11)7(4-6)5-9(12)10(13)14/h2-4,9H,5H2,1H3,(H,13,14)/t9-/m0/s1. The summed E-state index contributed by atoms with van der Waals surface area (Å²) in [7, 11) is 0. The third kappa shape index (κ3) is 2.52. The Morgan fingerprint density at radius 1 is 1.57 bits per heavy atom. The van der Waals surface area contributed by atoms with Crippen molar-refractivity contribution in [2.45, 2.75) is 19.5 Å². The van der Waals surface area contributed by atoms with Gasteiger partial charge in [0.25, 0.3) is 0 Å². The number of hydrogen-bond donors (Lipinski definition) is 1. The van der Waals surface area contributed by atoms with Crippen molar-refractivity contribution in [1.29, 1.82) is 0 Å². The van der Waals surface area contributed by atoms with E-state index in [0.717, 1.165) is 5.56 Å². The van der Waals surface area contributed by atoms with E-state index in [1.165, 1.54) is 12.1 Å². The van der Waals surface area contributed by atoms with Crippen molar-refractivity contribution < 1.29 is 18.7 Å². The number of aryl methyl sites for hydroxylation is 1. The molecule has 2 nitrogen and oxygen atoms in total. The topological polar surface area (TPSA) is 37.3 Å². The van der Waals surface area contributed by atoms with E-state index in [1.54, 1.807) is 13.0 Å². The summed E-state index contributed by atoms with van der Waals surface area (Å²) in [4.78, 5) is 10.2. The number of halogens is 2. The molecule has 0 saturated heterocycles. The van der Waals surface area contributed by atoms with Crippen LogP contribution in [0.2, 0.25) is 0 Å². The Morgan fingerprint density at radius 3 is 2.79 bits per heavy atom. The number of carboxylic acid groups (broad SMARTS) is 1. The molecule has 1 aromatic carbocycles.